The van der Waals surface area contributed by atoms with Crippen molar-refractivity contribution in [3.8, 4) is 17.2 Å². The largest absolute Gasteiger partial charge is 0.491 e. The highest BCUT2D eigenvalue weighted by Crippen LogP contribution is 2.28. The molecule has 1 N–H and O–H groups in total. The van der Waals surface area contributed by atoms with E-state index in [4.69, 9.17) is 9.47 Å². The lowest BCUT2D eigenvalue weighted by Crippen LogP contribution is -2.07. The van der Waals surface area contributed by atoms with Crippen LogP contribution in [0.5, 0.6) is 17.2 Å². The van der Waals surface area contributed by atoms with Gasteiger partial charge in [-0.15, -0.1) is 0 Å². The first kappa shape index (κ1) is 17.8. The maximum Gasteiger partial charge on any atom is 0.335 e. The molecule has 0 bridgehead atoms. The van der Waals surface area contributed by atoms with Crippen molar-refractivity contribution in [2.45, 2.75) is 24.8 Å². The Kier molecular flexibility index (Phi) is 5.14. The Morgan fingerprint density at radius 1 is 1.00 bits per heavy atom. The van der Waals surface area contributed by atoms with Gasteiger partial charge >= 0.3 is 5.97 Å². The summed E-state index contributed by atoms with van der Waals surface area (Å²) >= 11 is 0. The minimum Gasteiger partial charge on any atom is -0.491 e. The van der Waals surface area contributed by atoms with Crippen LogP contribution in [0.2, 0.25) is 0 Å². The lowest BCUT2D eigenvalue weighted by atomic mass is 10.2. The van der Waals surface area contributed by atoms with Crippen LogP contribution in [0.4, 0.5) is 0 Å². The zero-order valence-electron chi connectivity index (χ0n) is 13.5. The highest BCUT2D eigenvalue weighted by Gasteiger charge is 2.11. The Hall–Kier alpha value is -2.54. The van der Waals surface area contributed by atoms with Gasteiger partial charge < -0.3 is 14.6 Å². The molecule has 0 amide bonds. The lowest BCUT2D eigenvalue weighted by Gasteiger charge is -2.13. The summed E-state index contributed by atoms with van der Waals surface area (Å²) in [5.41, 5.74) is 0.0379. The van der Waals surface area contributed by atoms with Crippen LogP contribution in [0.1, 0.15) is 24.2 Å². The smallest absolute Gasteiger partial charge is 0.335 e. The van der Waals surface area contributed by atoms with Gasteiger partial charge in [-0.2, -0.15) is 0 Å². The number of hydrogen-bond acceptors (Lipinski definition) is 5. The van der Waals surface area contributed by atoms with Crippen molar-refractivity contribution in [3.63, 3.8) is 0 Å². The Morgan fingerprint density at radius 2 is 1.58 bits per heavy atom. The molecule has 0 unspecified atom stereocenters. The van der Waals surface area contributed by atoms with Crippen molar-refractivity contribution in [2.24, 2.45) is 0 Å². The predicted molar refractivity (Wildman–Crippen MR) is 88.8 cm³/mol. The molecule has 0 saturated heterocycles. The first-order valence-corrected chi connectivity index (χ1v) is 9.07. The number of ether oxygens (including phenoxy) is 2. The Morgan fingerprint density at radius 3 is 2.08 bits per heavy atom. The minimum atomic E-state index is -3.28. The van der Waals surface area contributed by atoms with E-state index in [1.54, 1.807) is 6.07 Å². The van der Waals surface area contributed by atoms with E-state index in [1.807, 2.05) is 13.8 Å². The molecular formula is C17H18O6S. The summed E-state index contributed by atoms with van der Waals surface area (Å²) in [5, 5.41) is 9.18. The van der Waals surface area contributed by atoms with Crippen LogP contribution >= 0.6 is 0 Å². The lowest BCUT2D eigenvalue weighted by molar-refractivity contribution is 0.0695. The van der Waals surface area contributed by atoms with Crippen LogP contribution in [0.25, 0.3) is 0 Å². The first-order chi connectivity index (χ1) is 11.1. The Balaban J connectivity index is 2.31. The molecular weight excluding hydrogens is 332 g/mol. The topological polar surface area (TPSA) is 89.9 Å². The molecule has 7 heteroatoms. The van der Waals surface area contributed by atoms with Gasteiger partial charge in [0.2, 0.25) is 0 Å². The molecule has 0 spiro atoms. The quantitative estimate of drug-likeness (QED) is 0.859. The van der Waals surface area contributed by atoms with Gasteiger partial charge in [0, 0.05) is 12.3 Å². The normalized spacial score (nSPS) is 11.3. The van der Waals surface area contributed by atoms with Gasteiger partial charge in [-0.1, -0.05) is 0 Å². The maximum atomic E-state index is 11.4. The molecule has 0 fully saturated rings. The number of carbonyl (C=O) groups is 1. The number of carboxylic acid groups (broad SMARTS) is 1. The van der Waals surface area contributed by atoms with Crippen LogP contribution in [0.15, 0.2) is 47.4 Å². The summed E-state index contributed by atoms with van der Waals surface area (Å²) in [4.78, 5) is 11.4. The zero-order chi connectivity index (χ0) is 17.9. The summed E-state index contributed by atoms with van der Waals surface area (Å²) in [6.45, 7) is 3.66. The second-order valence-electron chi connectivity index (χ2n) is 5.51. The van der Waals surface area contributed by atoms with E-state index in [2.05, 4.69) is 0 Å². The molecule has 2 aromatic rings. The minimum absolute atomic E-state index is 0.0379. The molecule has 2 aromatic carbocycles. The fourth-order valence-electron chi connectivity index (χ4n) is 1.99. The third-order valence-electron chi connectivity index (χ3n) is 2.99. The average molecular weight is 350 g/mol. The summed E-state index contributed by atoms with van der Waals surface area (Å²) in [5.74, 6) is -0.0350. The molecule has 0 aromatic heterocycles. The number of hydrogen-bond donors (Lipinski definition) is 1. The van der Waals surface area contributed by atoms with Gasteiger partial charge in [-0.25, -0.2) is 13.2 Å². The highest BCUT2D eigenvalue weighted by atomic mass is 32.2. The summed E-state index contributed by atoms with van der Waals surface area (Å²) in [6.07, 6.45) is 1.00. The zero-order valence-corrected chi connectivity index (χ0v) is 14.3. The number of sulfone groups is 1. The van der Waals surface area contributed by atoms with E-state index in [9.17, 15) is 18.3 Å². The fraction of sp³-hybridized carbons (Fsp3) is 0.235. The van der Waals surface area contributed by atoms with Crippen LogP contribution < -0.4 is 9.47 Å². The monoisotopic (exact) mass is 350 g/mol. The van der Waals surface area contributed by atoms with Crippen LogP contribution in [0, 0.1) is 0 Å². The molecule has 6 nitrogen and oxygen atoms in total. The van der Waals surface area contributed by atoms with Crippen molar-refractivity contribution in [1.29, 1.82) is 0 Å². The average Bonchev–Trinajstić information content (AvgIpc) is 2.45. The third kappa shape index (κ3) is 4.73. The number of carboxylic acids is 1. The van der Waals surface area contributed by atoms with Crippen molar-refractivity contribution in [3.05, 3.63) is 48.0 Å². The van der Waals surface area contributed by atoms with Gasteiger partial charge in [0.05, 0.1) is 16.6 Å². The summed E-state index contributed by atoms with van der Waals surface area (Å²) < 4.78 is 34.0. The van der Waals surface area contributed by atoms with E-state index in [1.165, 1.54) is 36.4 Å². The van der Waals surface area contributed by atoms with Crippen LogP contribution in [0.3, 0.4) is 0 Å². The van der Waals surface area contributed by atoms with Crippen molar-refractivity contribution in [2.75, 3.05) is 6.26 Å². The van der Waals surface area contributed by atoms with Gasteiger partial charge in [0.25, 0.3) is 0 Å². The molecule has 0 aliphatic rings. The molecule has 128 valence electrons. The molecule has 24 heavy (non-hydrogen) atoms. The van der Waals surface area contributed by atoms with Crippen molar-refractivity contribution in [1.82, 2.24) is 0 Å². The molecule has 0 saturated carbocycles. The molecule has 0 heterocycles. The highest BCUT2D eigenvalue weighted by molar-refractivity contribution is 7.90. The van der Waals surface area contributed by atoms with Crippen molar-refractivity contribution >= 4 is 15.8 Å². The van der Waals surface area contributed by atoms with Gasteiger partial charge in [0.1, 0.15) is 17.2 Å². The Bertz CT molecular complexity index is 838. The first-order valence-electron chi connectivity index (χ1n) is 7.18. The molecule has 0 aliphatic carbocycles. The summed E-state index contributed by atoms with van der Waals surface area (Å²) in [7, 11) is -3.28. The van der Waals surface area contributed by atoms with E-state index in [0.717, 1.165) is 6.26 Å². The van der Waals surface area contributed by atoms with E-state index in [0.29, 0.717) is 11.5 Å². The van der Waals surface area contributed by atoms with Gasteiger partial charge in [-0.3, -0.25) is 0 Å². The van der Waals surface area contributed by atoms with Crippen LogP contribution in [-0.2, 0) is 9.84 Å². The third-order valence-corrected chi connectivity index (χ3v) is 4.11. The standard InChI is InChI=1S/C17H18O6S/c1-11(2)22-14-8-12(17(18)19)9-15(10-14)23-13-4-6-16(7-5-13)24(3,20)21/h4-11H,1-3H3,(H,18,19). The van der Waals surface area contributed by atoms with Gasteiger partial charge in [-0.05, 0) is 50.2 Å². The van der Waals surface area contributed by atoms with E-state index >= 15 is 0 Å². The van der Waals surface area contributed by atoms with Crippen LogP contribution in [-0.4, -0.2) is 31.9 Å². The molecule has 2 rings (SSSR count). The Labute approximate surface area is 140 Å². The van der Waals surface area contributed by atoms with E-state index in [-0.39, 0.29) is 22.3 Å². The van der Waals surface area contributed by atoms with E-state index < -0.39 is 15.8 Å². The molecule has 0 radical (unpaired) electrons. The number of benzene rings is 2. The van der Waals surface area contributed by atoms with Gasteiger partial charge in [0.15, 0.2) is 9.84 Å². The summed E-state index contributed by atoms with van der Waals surface area (Å²) in [6, 6.07) is 10.2. The second kappa shape index (κ2) is 6.92. The SMILES string of the molecule is CC(C)Oc1cc(Oc2ccc(S(C)(=O)=O)cc2)cc(C(=O)O)c1. The number of aromatic carboxylic acids is 1. The fourth-order valence-corrected chi connectivity index (χ4v) is 2.62. The second-order valence-corrected chi connectivity index (χ2v) is 7.53. The number of rotatable bonds is 6. The molecule has 0 atom stereocenters. The maximum absolute atomic E-state index is 11.4. The molecule has 0 aliphatic heterocycles. The van der Waals surface area contributed by atoms with Crippen molar-refractivity contribution < 1.29 is 27.8 Å². The predicted octanol–water partition coefficient (Wildman–Crippen LogP) is 3.37.